The number of Topliss-reactive ketones (excluding diaryl/α,β-unsaturated/α-hetero) is 1. The zero-order valence-electron chi connectivity index (χ0n) is 12.6. The van der Waals surface area contributed by atoms with Crippen molar-refractivity contribution in [3.05, 3.63) is 47.6 Å². The quantitative estimate of drug-likeness (QED) is 0.895. The Morgan fingerprint density at radius 3 is 2.43 bits per heavy atom. The maximum Gasteiger partial charge on any atom is 0.178 e. The summed E-state index contributed by atoms with van der Waals surface area (Å²) in [6.07, 6.45) is 6.40. The molecule has 108 valence electrons. The van der Waals surface area contributed by atoms with Gasteiger partial charge >= 0.3 is 0 Å². The summed E-state index contributed by atoms with van der Waals surface area (Å²) in [5, 5.41) is 18.4. The third-order valence-corrected chi connectivity index (χ3v) is 3.83. The molecule has 0 amide bonds. The average molecular weight is 281 g/mol. The van der Waals surface area contributed by atoms with Crippen LogP contribution in [0.2, 0.25) is 0 Å². The van der Waals surface area contributed by atoms with Gasteiger partial charge in [-0.1, -0.05) is 51.1 Å². The number of phenols is 1. The van der Waals surface area contributed by atoms with Gasteiger partial charge in [-0.15, -0.1) is 0 Å². The Bertz CT molecular complexity index is 659. The molecule has 1 aliphatic rings. The number of hydrogen-bond donors (Lipinski definition) is 1. The van der Waals surface area contributed by atoms with E-state index >= 15 is 0 Å². The van der Waals surface area contributed by atoms with E-state index in [1.807, 2.05) is 51.1 Å². The topological polar surface area (TPSA) is 61.1 Å². The number of aromatic hydroxyl groups is 1. The molecular formula is C18H19NO2. The minimum absolute atomic E-state index is 0.0829. The van der Waals surface area contributed by atoms with Crippen LogP contribution in [-0.4, -0.2) is 10.9 Å². The molecule has 1 N–H and O–H groups in total. The van der Waals surface area contributed by atoms with Crippen molar-refractivity contribution in [1.29, 1.82) is 5.26 Å². The Labute approximate surface area is 125 Å². The molecule has 0 saturated heterocycles. The Morgan fingerprint density at radius 2 is 1.86 bits per heavy atom. The van der Waals surface area contributed by atoms with Crippen molar-refractivity contribution in [2.75, 3.05) is 0 Å². The number of phenolic OH excluding ortho intramolecular Hbond substituents is 1. The highest BCUT2D eigenvalue weighted by Crippen LogP contribution is 2.43. The van der Waals surface area contributed by atoms with Crippen LogP contribution in [0.15, 0.2) is 42.0 Å². The van der Waals surface area contributed by atoms with Crippen LogP contribution in [0.25, 0.3) is 6.08 Å². The van der Waals surface area contributed by atoms with Crippen molar-refractivity contribution >= 4 is 11.9 Å². The number of carbonyl (C=O) groups is 1. The molecule has 3 heteroatoms. The predicted octanol–water partition coefficient (Wildman–Crippen LogP) is 3.86. The van der Waals surface area contributed by atoms with Gasteiger partial charge in [0, 0.05) is 10.8 Å². The van der Waals surface area contributed by atoms with Crippen molar-refractivity contribution in [2.45, 2.75) is 27.2 Å². The molecule has 0 radical (unpaired) electrons. The van der Waals surface area contributed by atoms with E-state index in [2.05, 4.69) is 0 Å². The molecule has 1 aromatic carbocycles. The summed E-state index contributed by atoms with van der Waals surface area (Å²) < 4.78 is 0. The molecule has 1 atom stereocenters. The second-order valence-corrected chi connectivity index (χ2v) is 6.49. The number of hydrogen-bond acceptors (Lipinski definition) is 3. The van der Waals surface area contributed by atoms with Crippen LogP contribution in [0, 0.1) is 22.2 Å². The number of ketones is 1. The first-order valence-electron chi connectivity index (χ1n) is 6.92. The number of nitrogens with zero attached hydrogens (tertiary/aromatic N) is 1. The molecule has 0 aliphatic heterocycles. The molecule has 0 fully saturated rings. The van der Waals surface area contributed by atoms with Gasteiger partial charge in [0.25, 0.3) is 0 Å². The van der Waals surface area contributed by atoms with Gasteiger partial charge in [-0.25, -0.2) is 0 Å². The molecule has 3 nitrogen and oxygen atoms in total. The summed E-state index contributed by atoms with van der Waals surface area (Å²) in [5.74, 6) is 0.148. The van der Waals surface area contributed by atoms with E-state index in [9.17, 15) is 9.90 Å². The van der Waals surface area contributed by atoms with E-state index in [0.717, 1.165) is 5.56 Å². The van der Waals surface area contributed by atoms with E-state index in [0.29, 0.717) is 6.42 Å². The lowest BCUT2D eigenvalue weighted by atomic mass is 9.65. The fourth-order valence-electron chi connectivity index (χ4n) is 2.91. The number of benzene rings is 1. The molecule has 0 spiro atoms. The maximum absolute atomic E-state index is 12.1. The highest BCUT2D eigenvalue weighted by molar-refractivity contribution is 6.03. The van der Waals surface area contributed by atoms with E-state index in [-0.39, 0.29) is 22.5 Å². The third kappa shape index (κ3) is 3.22. The first kappa shape index (κ1) is 15.1. The molecule has 1 aromatic rings. The first-order chi connectivity index (χ1) is 9.76. The normalized spacial score (nSPS) is 24.7. The predicted molar refractivity (Wildman–Crippen MR) is 82.3 cm³/mol. The van der Waals surface area contributed by atoms with Crippen LogP contribution in [0.4, 0.5) is 0 Å². The van der Waals surface area contributed by atoms with Crippen molar-refractivity contribution in [3.63, 3.8) is 0 Å². The smallest absolute Gasteiger partial charge is 0.178 e. The van der Waals surface area contributed by atoms with Gasteiger partial charge in [-0.3, -0.25) is 4.79 Å². The van der Waals surface area contributed by atoms with Crippen LogP contribution in [-0.2, 0) is 4.79 Å². The van der Waals surface area contributed by atoms with E-state index in [1.165, 1.54) is 0 Å². The van der Waals surface area contributed by atoms with E-state index < -0.39 is 5.41 Å². The number of carbonyl (C=O) groups excluding carboxylic acids is 1. The molecule has 1 unspecified atom stereocenters. The zero-order chi connectivity index (χ0) is 15.7. The monoisotopic (exact) mass is 281 g/mol. The van der Waals surface area contributed by atoms with E-state index in [1.54, 1.807) is 18.2 Å². The number of rotatable bonds is 2. The second kappa shape index (κ2) is 5.21. The van der Waals surface area contributed by atoms with E-state index in [4.69, 9.17) is 5.26 Å². The first-order valence-corrected chi connectivity index (χ1v) is 6.92. The molecule has 0 saturated carbocycles. The second-order valence-electron chi connectivity index (χ2n) is 6.49. The third-order valence-electron chi connectivity index (χ3n) is 3.83. The lowest BCUT2D eigenvalue weighted by Gasteiger charge is -2.37. The fraction of sp³-hybridized carbons (Fsp3) is 0.333. The van der Waals surface area contributed by atoms with Gasteiger partial charge in [-0.2, -0.15) is 5.26 Å². The molecule has 0 aromatic heterocycles. The Balaban J connectivity index is 2.34. The van der Waals surface area contributed by atoms with Crippen LogP contribution in [0.5, 0.6) is 5.75 Å². The summed E-state index contributed by atoms with van der Waals surface area (Å²) in [6, 6.07) is 8.92. The summed E-state index contributed by atoms with van der Waals surface area (Å²) in [4.78, 5) is 12.1. The summed E-state index contributed by atoms with van der Waals surface area (Å²) >= 11 is 0. The molecule has 0 bridgehead atoms. The number of allylic oxidation sites excluding steroid dienone is 3. The van der Waals surface area contributed by atoms with Crippen molar-refractivity contribution in [1.82, 2.24) is 0 Å². The van der Waals surface area contributed by atoms with Crippen LogP contribution < -0.4 is 0 Å². The van der Waals surface area contributed by atoms with Gasteiger partial charge in [0.05, 0.1) is 5.57 Å². The van der Waals surface area contributed by atoms with Crippen molar-refractivity contribution in [2.24, 2.45) is 10.8 Å². The largest absolute Gasteiger partial charge is 0.508 e. The van der Waals surface area contributed by atoms with Crippen LogP contribution in [0.1, 0.15) is 32.8 Å². The molecule has 1 aliphatic carbocycles. The molecule has 2 rings (SSSR count). The van der Waals surface area contributed by atoms with Gasteiger partial charge < -0.3 is 5.11 Å². The Morgan fingerprint density at radius 1 is 1.24 bits per heavy atom. The van der Waals surface area contributed by atoms with Gasteiger partial charge in [-0.05, 0) is 24.1 Å². The minimum Gasteiger partial charge on any atom is -0.508 e. The maximum atomic E-state index is 12.1. The van der Waals surface area contributed by atoms with Gasteiger partial charge in [0.15, 0.2) is 5.78 Å². The average Bonchev–Trinajstić information content (AvgIpc) is 2.42. The highest BCUT2D eigenvalue weighted by atomic mass is 16.3. The molecule has 21 heavy (non-hydrogen) atoms. The summed E-state index contributed by atoms with van der Waals surface area (Å²) in [5.41, 5.74) is 0.341. The minimum atomic E-state index is -0.534. The van der Waals surface area contributed by atoms with Crippen molar-refractivity contribution in [3.8, 4) is 11.8 Å². The standard InChI is InChI=1S/C18H19NO2/c1-17(2)12-18(3,10-14(11-19)16(17)21)9-8-13-4-6-15(20)7-5-13/h4-10,20H,12H2,1-3H3/b9-8+. The zero-order valence-corrected chi connectivity index (χ0v) is 12.6. The van der Waals surface area contributed by atoms with Gasteiger partial charge in [0.1, 0.15) is 11.8 Å². The lowest BCUT2D eigenvalue weighted by molar-refractivity contribution is -0.124. The van der Waals surface area contributed by atoms with Crippen LogP contribution in [0.3, 0.4) is 0 Å². The van der Waals surface area contributed by atoms with Gasteiger partial charge in [0.2, 0.25) is 0 Å². The number of nitriles is 1. The highest BCUT2D eigenvalue weighted by Gasteiger charge is 2.41. The van der Waals surface area contributed by atoms with Crippen LogP contribution >= 0.6 is 0 Å². The molecular weight excluding hydrogens is 262 g/mol. The lowest BCUT2D eigenvalue weighted by Crippen LogP contribution is -2.36. The summed E-state index contributed by atoms with van der Waals surface area (Å²) in [7, 11) is 0. The summed E-state index contributed by atoms with van der Waals surface area (Å²) in [6.45, 7) is 5.79. The van der Waals surface area contributed by atoms with Crippen molar-refractivity contribution < 1.29 is 9.90 Å². The molecule has 0 heterocycles. The Kier molecular flexibility index (Phi) is 3.74. The SMILES string of the molecule is CC1(/C=C/c2ccc(O)cc2)C=C(C#N)C(=O)C(C)(C)C1. The fourth-order valence-corrected chi connectivity index (χ4v) is 2.91. The Hall–Kier alpha value is -2.34.